The molecule has 0 atom stereocenters. The molecule has 12 aromatic rings. The maximum absolute atomic E-state index is 7.16. The van der Waals surface area contributed by atoms with E-state index in [1.54, 1.807) is 0 Å². The maximum Gasteiger partial charge on any atom is 0.220 e. The van der Waals surface area contributed by atoms with Crippen molar-refractivity contribution >= 4 is 43.6 Å². The summed E-state index contributed by atoms with van der Waals surface area (Å²) in [5, 5.41) is 4.33. The number of hydrogen-bond donors (Lipinski definition) is 0. The number of ether oxygens (including phenoxy) is 4. The molecule has 1 aliphatic carbocycles. The van der Waals surface area contributed by atoms with Crippen LogP contribution in [0.3, 0.4) is 0 Å². The highest BCUT2D eigenvalue weighted by atomic mass is 16.5. The molecule has 0 aliphatic heterocycles. The third-order valence-electron chi connectivity index (χ3n) is 14.7. The average molecular weight is 989 g/mol. The third-order valence-corrected chi connectivity index (χ3v) is 14.7. The summed E-state index contributed by atoms with van der Waals surface area (Å²) in [5.74, 6) is 4.97. The van der Waals surface area contributed by atoms with Crippen molar-refractivity contribution < 1.29 is 18.9 Å². The first-order chi connectivity index (χ1) is 37.2. The number of aromatic nitrogens is 4. The molecule has 368 valence electrons. The van der Waals surface area contributed by atoms with E-state index < -0.39 is 0 Å². The van der Waals surface area contributed by atoms with E-state index in [9.17, 15) is 0 Å². The van der Waals surface area contributed by atoms with Gasteiger partial charge in [-0.3, -0.25) is 0 Å². The summed E-state index contributed by atoms with van der Waals surface area (Å²) in [4.78, 5) is 20.3. The summed E-state index contributed by atoms with van der Waals surface area (Å²) >= 11 is 0. The minimum absolute atomic E-state index is 0.471. The molecule has 76 heavy (non-hydrogen) atoms. The van der Waals surface area contributed by atoms with Crippen molar-refractivity contribution in [2.24, 2.45) is 0 Å². The highest BCUT2D eigenvalue weighted by Gasteiger charge is 2.24. The second-order valence-corrected chi connectivity index (χ2v) is 19.9. The minimum atomic E-state index is 0.471. The van der Waals surface area contributed by atoms with E-state index in [-0.39, 0.29) is 0 Å². The van der Waals surface area contributed by atoms with E-state index in [0.29, 0.717) is 49.2 Å². The second-order valence-electron chi connectivity index (χ2n) is 19.9. The lowest BCUT2D eigenvalue weighted by molar-refractivity contribution is 0.443. The molecule has 0 N–H and O–H groups in total. The van der Waals surface area contributed by atoms with Gasteiger partial charge in [-0.2, -0.15) is 0 Å². The van der Waals surface area contributed by atoms with Gasteiger partial charge in [0.2, 0.25) is 23.5 Å². The molecular weight excluding hydrogens is 937 g/mol. The molecule has 4 aromatic heterocycles. The van der Waals surface area contributed by atoms with Crippen molar-refractivity contribution in [2.75, 3.05) is 0 Å². The van der Waals surface area contributed by atoms with E-state index in [0.717, 1.165) is 133 Å². The van der Waals surface area contributed by atoms with Crippen LogP contribution in [0.1, 0.15) is 66.8 Å². The number of para-hydroxylation sites is 8. The van der Waals surface area contributed by atoms with E-state index in [1.807, 2.05) is 97.1 Å². The summed E-state index contributed by atoms with van der Waals surface area (Å²) in [6, 6.07) is 66.5. The van der Waals surface area contributed by atoms with Crippen LogP contribution in [-0.4, -0.2) is 19.9 Å². The smallest absolute Gasteiger partial charge is 0.220 e. The zero-order chi connectivity index (χ0) is 51.3. The summed E-state index contributed by atoms with van der Waals surface area (Å²) in [5.41, 5.74) is 15.5. The molecule has 13 rings (SSSR count). The fourth-order valence-electron chi connectivity index (χ4n) is 10.9. The molecule has 8 nitrogen and oxygen atoms in total. The Morgan fingerprint density at radius 2 is 0.447 bits per heavy atom. The number of pyridine rings is 4. The van der Waals surface area contributed by atoms with Crippen LogP contribution in [0.4, 0.5) is 0 Å². The van der Waals surface area contributed by atoms with Gasteiger partial charge in [0, 0.05) is 71.5 Å². The molecule has 0 saturated heterocycles. The van der Waals surface area contributed by atoms with Gasteiger partial charge < -0.3 is 18.9 Å². The zero-order valence-corrected chi connectivity index (χ0v) is 42.7. The molecule has 0 fully saturated rings. The van der Waals surface area contributed by atoms with Gasteiger partial charge in [-0.25, -0.2) is 19.9 Å². The normalized spacial score (nSPS) is 12.3. The maximum atomic E-state index is 7.16. The standard InChI is InChI=1S/C68H52N4O4/c1-41-33-61(69-57-29-9-5-25-53(41)57)73-65-45-17-13-18-46(65)38-48-20-15-22-50(67(48)75-63-35-43(3)55-27-7-11-31-59(55)71-63)40-52-24-16-23-51(68(52)76-64-36-44(4)56-28-8-12-32-60(56)72-64)39-49-21-14-19-47(37-45)66(49)74-62-34-42(2)54-26-6-10-30-58(54)70-62/h5-36H,37-40H2,1-4H3. The Morgan fingerprint density at radius 1 is 0.250 bits per heavy atom. The van der Waals surface area contributed by atoms with E-state index in [2.05, 4.69) is 125 Å². The van der Waals surface area contributed by atoms with E-state index in [1.165, 1.54) is 0 Å². The number of nitrogens with zero attached hydrogens (tertiary/aromatic N) is 4. The van der Waals surface area contributed by atoms with Gasteiger partial charge in [-0.1, -0.05) is 146 Å². The molecule has 0 amide bonds. The van der Waals surface area contributed by atoms with E-state index in [4.69, 9.17) is 38.9 Å². The van der Waals surface area contributed by atoms with Crippen LogP contribution in [0, 0.1) is 27.7 Å². The van der Waals surface area contributed by atoms with Gasteiger partial charge in [0.05, 0.1) is 22.1 Å². The van der Waals surface area contributed by atoms with Crippen molar-refractivity contribution in [3.63, 3.8) is 0 Å². The Balaban J connectivity index is 1.03. The number of aryl methyl sites for hydroxylation is 4. The Kier molecular flexibility index (Phi) is 11.9. The van der Waals surface area contributed by atoms with Crippen LogP contribution in [-0.2, 0) is 25.7 Å². The van der Waals surface area contributed by atoms with Gasteiger partial charge in [0.25, 0.3) is 0 Å². The third kappa shape index (κ3) is 8.98. The van der Waals surface area contributed by atoms with Crippen LogP contribution in [0.25, 0.3) is 43.6 Å². The van der Waals surface area contributed by atoms with Crippen molar-refractivity contribution in [1.29, 1.82) is 0 Å². The predicted octanol–water partition coefficient (Wildman–Crippen LogP) is 17.0. The Morgan fingerprint density at radius 3 is 0.658 bits per heavy atom. The number of fused-ring (bicyclic) bond motifs is 12. The molecule has 4 heterocycles. The van der Waals surface area contributed by atoms with Gasteiger partial charge >= 0.3 is 0 Å². The fourth-order valence-corrected chi connectivity index (χ4v) is 10.9. The highest BCUT2D eigenvalue weighted by Crippen LogP contribution is 2.43. The lowest BCUT2D eigenvalue weighted by atomic mass is 9.91. The lowest BCUT2D eigenvalue weighted by Crippen LogP contribution is -2.07. The number of rotatable bonds is 8. The number of hydrogen-bond acceptors (Lipinski definition) is 8. The van der Waals surface area contributed by atoms with Crippen molar-refractivity contribution in [2.45, 2.75) is 53.4 Å². The quantitative estimate of drug-likeness (QED) is 0.149. The molecule has 0 unspecified atom stereocenters. The van der Waals surface area contributed by atoms with Gasteiger partial charge in [-0.15, -0.1) is 0 Å². The fraction of sp³-hybridized carbons (Fsp3) is 0.118. The molecule has 0 saturated carbocycles. The van der Waals surface area contributed by atoms with Crippen LogP contribution < -0.4 is 18.9 Å². The first-order valence-electron chi connectivity index (χ1n) is 25.8. The Labute approximate surface area is 441 Å². The van der Waals surface area contributed by atoms with Gasteiger partial charge in [0.15, 0.2) is 0 Å². The molecule has 1 aliphatic rings. The van der Waals surface area contributed by atoms with Crippen LogP contribution in [0.5, 0.6) is 46.5 Å². The SMILES string of the molecule is Cc1cc(Oc2c3cccc2Cc2cccc(c2Oc2cc(C)c4ccccc4n2)Cc2cccc(c2Oc2cc(C)c4ccccc4n2)Cc2cccc(c2Oc2cc(C)c4ccccc4n2)C3)nc2ccccc12. The highest BCUT2D eigenvalue weighted by molar-refractivity contribution is 5.85. The van der Waals surface area contributed by atoms with Crippen LogP contribution >= 0.6 is 0 Å². The summed E-state index contributed by atoms with van der Waals surface area (Å²) in [6.45, 7) is 8.42. The minimum Gasteiger partial charge on any atom is -0.438 e. The van der Waals surface area contributed by atoms with Crippen molar-refractivity contribution in [3.8, 4) is 46.5 Å². The number of benzene rings is 8. The van der Waals surface area contributed by atoms with Crippen molar-refractivity contribution in [1.82, 2.24) is 19.9 Å². The molecule has 8 bridgehead atoms. The molecule has 8 aromatic carbocycles. The van der Waals surface area contributed by atoms with Crippen LogP contribution in [0.15, 0.2) is 194 Å². The summed E-state index contributed by atoms with van der Waals surface area (Å²) < 4.78 is 28.7. The largest absolute Gasteiger partial charge is 0.438 e. The Hall–Kier alpha value is -9.40. The lowest BCUT2D eigenvalue weighted by Gasteiger charge is -2.22. The monoisotopic (exact) mass is 988 g/mol. The summed E-state index contributed by atoms with van der Waals surface area (Å²) in [7, 11) is 0. The zero-order valence-electron chi connectivity index (χ0n) is 42.7. The first kappa shape index (κ1) is 46.4. The molecule has 8 heteroatoms. The first-order valence-corrected chi connectivity index (χ1v) is 25.8. The average Bonchev–Trinajstić information content (AvgIpc) is 3.42. The summed E-state index contributed by atoms with van der Waals surface area (Å²) in [6.07, 6.45) is 1.88. The predicted molar refractivity (Wildman–Crippen MR) is 303 cm³/mol. The Bertz CT molecular complexity index is 3640. The van der Waals surface area contributed by atoms with E-state index >= 15 is 0 Å². The molecule has 0 spiro atoms. The topological polar surface area (TPSA) is 88.5 Å². The van der Waals surface area contributed by atoms with Crippen LogP contribution in [0.2, 0.25) is 0 Å². The molecular formula is C68H52N4O4. The van der Waals surface area contributed by atoms with Gasteiger partial charge in [-0.05, 0) is 119 Å². The molecule has 0 radical (unpaired) electrons. The second kappa shape index (κ2) is 19.5. The van der Waals surface area contributed by atoms with Gasteiger partial charge in [0.1, 0.15) is 23.0 Å². The van der Waals surface area contributed by atoms with Crippen molar-refractivity contribution in [3.05, 3.63) is 261 Å².